The number of nitrogens with one attached hydrogen (secondary N) is 2. The van der Waals surface area contributed by atoms with E-state index in [9.17, 15) is 9.59 Å². The third-order valence-corrected chi connectivity index (χ3v) is 4.22. The molecule has 0 bridgehead atoms. The summed E-state index contributed by atoms with van der Waals surface area (Å²) in [5, 5.41) is 16.2. The van der Waals surface area contributed by atoms with Crippen LogP contribution in [0, 0.1) is 25.2 Å². The summed E-state index contributed by atoms with van der Waals surface area (Å²) in [6, 6.07) is 1.92. The van der Waals surface area contributed by atoms with Crippen molar-refractivity contribution >= 4 is 11.6 Å². The molecule has 0 atom stereocenters. The lowest BCUT2D eigenvalue weighted by Gasteiger charge is -2.10. The summed E-state index contributed by atoms with van der Waals surface area (Å²) >= 11 is 0. The van der Waals surface area contributed by atoms with Crippen molar-refractivity contribution in [1.82, 2.24) is 19.7 Å². The van der Waals surface area contributed by atoms with Crippen LogP contribution in [-0.4, -0.2) is 46.2 Å². The van der Waals surface area contributed by atoms with Crippen LogP contribution in [-0.2, 0) is 17.8 Å². The number of carbonyl (C=O) groups is 1. The molecule has 0 saturated heterocycles. The van der Waals surface area contributed by atoms with Gasteiger partial charge in [0.25, 0.3) is 5.56 Å². The molecular weight excluding hydrogens is 332 g/mol. The Bertz CT molecular complexity index is 888. The minimum atomic E-state index is -0.388. The van der Waals surface area contributed by atoms with Gasteiger partial charge < -0.3 is 15.2 Å². The van der Waals surface area contributed by atoms with Gasteiger partial charge >= 0.3 is 0 Å². The van der Waals surface area contributed by atoms with Crippen molar-refractivity contribution in [3.63, 3.8) is 0 Å². The standard InChI is InChI=1S/C18H24N6O2/c1-12-15(13(2)21-18(26)16(12)9-19)5-6-17(25)22-14-10-20-24(11-14)8-7-23(3)4/h10-11H,5-8H2,1-4H3,(H,21,26)(H,22,25). The van der Waals surface area contributed by atoms with Gasteiger partial charge in [-0.25, -0.2) is 0 Å². The smallest absolute Gasteiger partial charge is 0.266 e. The Hall–Kier alpha value is -2.92. The number of carbonyl (C=O) groups excluding carboxylic acids is 1. The van der Waals surface area contributed by atoms with Gasteiger partial charge in [0, 0.05) is 24.9 Å². The molecule has 0 unspecified atom stereocenters. The maximum atomic E-state index is 12.2. The van der Waals surface area contributed by atoms with Crippen LogP contribution in [0.3, 0.4) is 0 Å². The Balaban J connectivity index is 1.98. The Kier molecular flexibility index (Phi) is 6.31. The minimum Gasteiger partial charge on any atom is -0.325 e. The number of pyridine rings is 1. The Morgan fingerprint density at radius 1 is 1.42 bits per heavy atom. The van der Waals surface area contributed by atoms with Crippen molar-refractivity contribution in [3.8, 4) is 6.07 Å². The predicted octanol–water partition coefficient (Wildman–Crippen LogP) is 1.19. The van der Waals surface area contributed by atoms with Gasteiger partial charge in [-0.2, -0.15) is 10.4 Å². The van der Waals surface area contributed by atoms with E-state index < -0.39 is 0 Å². The molecule has 0 aliphatic rings. The number of anilines is 1. The molecule has 8 nitrogen and oxygen atoms in total. The highest BCUT2D eigenvalue weighted by molar-refractivity contribution is 5.90. The summed E-state index contributed by atoms with van der Waals surface area (Å²) in [6.45, 7) is 5.12. The molecular formula is C18H24N6O2. The third kappa shape index (κ3) is 4.80. The molecule has 0 aliphatic carbocycles. The lowest BCUT2D eigenvalue weighted by atomic mass is 9.99. The molecule has 0 radical (unpaired) electrons. The van der Waals surface area contributed by atoms with Crippen molar-refractivity contribution in [2.75, 3.05) is 26.0 Å². The van der Waals surface area contributed by atoms with Gasteiger partial charge in [-0.05, 0) is 45.5 Å². The van der Waals surface area contributed by atoms with Gasteiger partial charge in [-0.1, -0.05) is 0 Å². The molecule has 1 amide bonds. The zero-order valence-corrected chi connectivity index (χ0v) is 15.6. The van der Waals surface area contributed by atoms with Crippen LogP contribution >= 0.6 is 0 Å². The molecule has 2 N–H and O–H groups in total. The van der Waals surface area contributed by atoms with Crippen LogP contribution < -0.4 is 10.9 Å². The molecule has 8 heteroatoms. The normalized spacial score (nSPS) is 10.8. The fraction of sp³-hybridized carbons (Fsp3) is 0.444. The fourth-order valence-electron chi connectivity index (χ4n) is 2.74. The molecule has 2 aromatic heterocycles. The highest BCUT2D eigenvalue weighted by Gasteiger charge is 2.13. The first kappa shape index (κ1) is 19.4. The molecule has 0 saturated carbocycles. The van der Waals surface area contributed by atoms with E-state index in [4.69, 9.17) is 5.26 Å². The molecule has 0 spiro atoms. The van der Waals surface area contributed by atoms with E-state index in [0.717, 1.165) is 18.7 Å². The topological polar surface area (TPSA) is 107 Å². The van der Waals surface area contributed by atoms with E-state index >= 15 is 0 Å². The first-order valence-corrected chi connectivity index (χ1v) is 8.41. The van der Waals surface area contributed by atoms with E-state index in [1.165, 1.54) is 0 Å². The van der Waals surface area contributed by atoms with E-state index in [0.29, 0.717) is 23.4 Å². The second-order valence-electron chi connectivity index (χ2n) is 6.51. The van der Waals surface area contributed by atoms with Crippen LogP contribution in [0.5, 0.6) is 0 Å². The van der Waals surface area contributed by atoms with Crippen molar-refractivity contribution in [3.05, 3.63) is 45.1 Å². The van der Waals surface area contributed by atoms with Gasteiger partial charge in [0.05, 0.1) is 18.4 Å². The fourth-order valence-corrected chi connectivity index (χ4v) is 2.74. The van der Waals surface area contributed by atoms with Crippen molar-refractivity contribution in [2.24, 2.45) is 0 Å². The Labute approximate surface area is 152 Å². The summed E-state index contributed by atoms with van der Waals surface area (Å²) in [5.74, 6) is -0.138. The average molecular weight is 356 g/mol. The predicted molar refractivity (Wildman–Crippen MR) is 99.0 cm³/mol. The third-order valence-electron chi connectivity index (χ3n) is 4.22. The number of rotatable bonds is 7. The highest BCUT2D eigenvalue weighted by atomic mass is 16.1. The zero-order valence-electron chi connectivity index (χ0n) is 15.6. The van der Waals surface area contributed by atoms with Gasteiger partial charge in [0.15, 0.2) is 0 Å². The largest absolute Gasteiger partial charge is 0.325 e. The Morgan fingerprint density at radius 2 is 2.15 bits per heavy atom. The van der Waals surface area contributed by atoms with Crippen molar-refractivity contribution in [2.45, 2.75) is 33.2 Å². The summed E-state index contributed by atoms with van der Waals surface area (Å²) in [7, 11) is 3.98. The molecule has 2 rings (SSSR count). The number of likely N-dealkylation sites (N-methyl/N-ethyl adjacent to an activating group) is 1. The maximum Gasteiger partial charge on any atom is 0.266 e. The lowest BCUT2D eigenvalue weighted by molar-refractivity contribution is -0.116. The second-order valence-corrected chi connectivity index (χ2v) is 6.51. The highest BCUT2D eigenvalue weighted by Crippen LogP contribution is 2.15. The van der Waals surface area contributed by atoms with Crippen molar-refractivity contribution < 1.29 is 4.79 Å². The van der Waals surface area contributed by atoms with Gasteiger partial charge in [-0.15, -0.1) is 0 Å². The van der Waals surface area contributed by atoms with Gasteiger partial charge in [0.2, 0.25) is 5.91 Å². The Morgan fingerprint density at radius 3 is 2.81 bits per heavy atom. The number of aryl methyl sites for hydroxylation is 1. The molecule has 0 aromatic carbocycles. The number of amides is 1. The van der Waals surface area contributed by atoms with E-state index in [-0.39, 0.29) is 23.5 Å². The molecule has 26 heavy (non-hydrogen) atoms. The van der Waals surface area contributed by atoms with Crippen LogP contribution in [0.25, 0.3) is 0 Å². The second kappa shape index (κ2) is 8.45. The number of H-pyrrole nitrogens is 1. The van der Waals surface area contributed by atoms with E-state index in [2.05, 4.69) is 20.3 Å². The van der Waals surface area contributed by atoms with Gasteiger partial charge in [0.1, 0.15) is 11.6 Å². The summed E-state index contributed by atoms with van der Waals surface area (Å²) in [4.78, 5) is 28.7. The molecule has 2 heterocycles. The van der Waals surface area contributed by atoms with Crippen molar-refractivity contribution in [1.29, 1.82) is 5.26 Å². The summed E-state index contributed by atoms with van der Waals surface area (Å²) in [5.41, 5.74) is 2.53. The first-order valence-electron chi connectivity index (χ1n) is 8.41. The number of nitriles is 1. The van der Waals surface area contributed by atoms with E-state index in [1.807, 2.05) is 20.2 Å². The number of nitrogens with zero attached hydrogens (tertiary/aromatic N) is 4. The zero-order chi connectivity index (χ0) is 19.3. The quantitative estimate of drug-likeness (QED) is 0.775. The summed E-state index contributed by atoms with van der Waals surface area (Å²) in [6.07, 6.45) is 4.12. The first-order chi connectivity index (χ1) is 12.3. The molecule has 138 valence electrons. The number of aromatic nitrogens is 3. The number of aromatic amines is 1. The van der Waals surface area contributed by atoms with Crippen LogP contribution in [0.15, 0.2) is 17.2 Å². The number of hydrogen-bond acceptors (Lipinski definition) is 5. The van der Waals surface area contributed by atoms with E-state index in [1.54, 1.807) is 30.9 Å². The number of hydrogen-bond donors (Lipinski definition) is 2. The van der Waals surface area contributed by atoms with Gasteiger partial charge in [-0.3, -0.25) is 14.3 Å². The summed E-state index contributed by atoms with van der Waals surface area (Å²) < 4.78 is 1.78. The lowest BCUT2D eigenvalue weighted by Crippen LogP contribution is -2.19. The monoisotopic (exact) mass is 356 g/mol. The molecule has 0 aliphatic heterocycles. The average Bonchev–Trinajstić information content (AvgIpc) is 3.00. The van der Waals surface area contributed by atoms with Crippen LogP contribution in [0.4, 0.5) is 5.69 Å². The molecule has 2 aromatic rings. The van der Waals surface area contributed by atoms with Crippen LogP contribution in [0.2, 0.25) is 0 Å². The maximum absolute atomic E-state index is 12.2. The molecule has 0 fully saturated rings. The SMILES string of the molecule is Cc1[nH]c(=O)c(C#N)c(C)c1CCC(=O)Nc1cnn(CCN(C)C)c1. The minimum absolute atomic E-state index is 0.105. The van der Waals surface area contributed by atoms with Crippen LogP contribution in [0.1, 0.15) is 28.8 Å².